The molecule has 0 rings (SSSR count). The van der Waals surface area contributed by atoms with Crippen molar-refractivity contribution in [3.63, 3.8) is 0 Å². The van der Waals surface area contributed by atoms with Crippen LogP contribution in [0.5, 0.6) is 0 Å². The molecule has 0 saturated carbocycles. The van der Waals surface area contributed by atoms with E-state index in [0.29, 0.717) is 0 Å². The van der Waals surface area contributed by atoms with Crippen LogP contribution in [0.15, 0.2) is 48.1 Å². The van der Waals surface area contributed by atoms with Gasteiger partial charge in [-0.3, -0.25) is 0 Å². The smallest absolute Gasteiger partial charge is 0.444 e. The molecule has 0 heterocycles. The van der Waals surface area contributed by atoms with Crippen molar-refractivity contribution in [3.8, 4) is 0 Å². The molecule has 162 valence electrons. The monoisotopic (exact) mass is 623 g/mol. The van der Waals surface area contributed by atoms with Crippen LogP contribution >= 0.6 is 0 Å². The minimum absolute atomic E-state index is 0. The van der Waals surface area contributed by atoms with E-state index in [0.717, 1.165) is 48.1 Å². The van der Waals surface area contributed by atoms with Crippen LogP contribution in [-0.4, -0.2) is 11.0 Å². The first-order valence-electron chi connectivity index (χ1n) is 3.29. The van der Waals surface area contributed by atoms with Crippen LogP contribution in [0, 0.1) is 91.0 Å². The Morgan fingerprint density at radius 3 is 0.276 bits per heavy atom. The third-order valence-corrected chi connectivity index (χ3v) is 0. The van der Waals surface area contributed by atoms with E-state index >= 15 is 0 Å². The molecule has 0 radical (unpaired) electrons. The minimum atomic E-state index is 0. The first-order chi connectivity index (χ1) is 12.7. The maximum absolute atomic E-state index is 8.00. The summed E-state index contributed by atoms with van der Waals surface area (Å²) in [7, 11) is 0. The quantitative estimate of drug-likeness (QED) is 0.211. The van der Waals surface area contributed by atoms with Gasteiger partial charge in [-0.25, -0.2) is 0 Å². The Hall–Kier alpha value is -4.44. The zero-order valence-electron chi connectivity index (χ0n) is 12.3. The van der Waals surface area contributed by atoms with Gasteiger partial charge in [-0.05, 0) is 0 Å². The maximum atomic E-state index is 8.00. The van der Waals surface area contributed by atoms with Gasteiger partial charge in [0.1, 0.15) is 0 Å². The first-order valence-corrected chi connectivity index (χ1v) is 3.29. The van der Waals surface area contributed by atoms with Gasteiger partial charge >= 0.3 is 33.3 Å². The predicted molar refractivity (Wildman–Crippen MR) is 88.2 cm³/mol. The molecule has 29 heteroatoms. The van der Waals surface area contributed by atoms with Gasteiger partial charge in [0.05, 0.1) is 0 Å². The van der Waals surface area contributed by atoms with E-state index < -0.39 is 0 Å². The van der Waals surface area contributed by atoms with E-state index in [2.05, 4.69) is 0 Å². The van der Waals surface area contributed by atoms with Gasteiger partial charge < -0.3 is 91.0 Å². The molecule has 0 aromatic rings. The summed E-state index contributed by atoms with van der Waals surface area (Å²) in [6.45, 7) is 0. The van der Waals surface area contributed by atoms with Crippen molar-refractivity contribution in [1.29, 1.82) is 0 Å². The van der Waals surface area contributed by atoms with Gasteiger partial charge in [-0.15, -0.1) is 48.1 Å². The average Bonchev–Trinajstić information content (AvgIpc) is 2.53. The molecule has 0 spiro atoms. The summed E-state index contributed by atoms with van der Waals surface area (Å²) in [5.41, 5.74) is 0. The molecule has 0 N–H and O–H groups in total. The second-order valence-corrected chi connectivity index (χ2v) is 0.671. The molecule has 0 aliphatic rings. The minimum Gasteiger partial charge on any atom is -0.444 e. The van der Waals surface area contributed by atoms with Crippen LogP contribution in [0.1, 0.15) is 0 Å². The van der Waals surface area contributed by atoms with E-state index in [1.54, 1.807) is 0 Å². The average molecular weight is 623 g/mol. The van der Waals surface area contributed by atoms with Gasteiger partial charge in [0.15, 0.2) is 0 Å². The van der Waals surface area contributed by atoms with Crippen LogP contribution in [0.3, 0.4) is 0 Å². The summed E-state index contributed by atoms with van der Waals surface area (Å²) >= 11 is 0. The Morgan fingerprint density at radius 1 is 0.276 bits per heavy atom. The van der Waals surface area contributed by atoms with E-state index in [4.69, 9.17) is 91.0 Å². The van der Waals surface area contributed by atoms with Crippen molar-refractivity contribution in [1.82, 2.24) is 0 Å². The van der Waals surface area contributed by atoms with Crippen LogP contribution in [0.2, 0.25) is 0 Å². The molecule has 0 unspecified atom stereocenters. The SMILES string of the molecule is O=N[O-].O=N[O-].O=N[O-].O=N[O-].O=N[O-].O=N[O-].O=N[O-].O=N[O-].O=N[O-].[Si+4].[Ta+5]. The van der Waals surface area contributed by atoms with E-state index in [1.807, 2.05) is 0 Å². The summed E-state index contributed by atoms with van der Waals surface area (Å²) in [5, 5.41) is 81.0. The molecule has 29 heavy (non-hydrogen) atoms. The molecule has 0 aromatic heterocycles. The van der Waals surface area contributed by atoms with Crippen molar-refractivity contribution >= 4 is 11.0 Å². The number of hydrogen-bond donors (Lipinski definition) is 0. The molecule has 0 aliphatic heterocycles. The molecule has 0 bridgehead atoms. The summed E-state index contributed by atoms with van der Waals surface area (Å²) in [5.74, 6) is 0. The molecule has 0 amide bonds. The Morgan fingerprint density at radius 2 is 0.276 bits per heavy atom. The third kappa shape index (κ3) is 555. The van der Waals surface area contributed by atoms with E-state index in [9.17, 15) is 0 Å². The Kier molecular flexibility index (Phi) is 1480. The summed E-state index contributed by atoms with van der Waals surface area (Å²) in [4.78, 5) is 72.0. The maximum Gasteiger partial charge on any atom is 5.00 e. The fraction of sp³-hybridized carbons (Fsp3) is 0. The van der Waals surface area contributed by atoms with Crippen LogP contribution in [0.4, 0.5) is 0 Å². The molecular weight excluding hydrogens is 623 g/mol. The number of nitrogens with zero attached hydrogens (tertiary/aromatic N) is 9. The molecule has 0 aromatic carbocycles. The summed E-state index contributed by atoms with van der Waals surface area (Å²) in [6, 6.07) is 0. The zero-order valence-corrected chi connectivity index (χ0v) is 16.5. The van der Waals surface area contributed by atoms with E-state index in [1.165, 1.54) is 0 Å². The van der Waals surface area contributed by atoms with Crippen molar-refractivity contribution in [2.75, 3.05) is 0 Å². The Balaban J connectivity index is -0.0000000138. The van der Waals surface area contributed by atoms with Gasteiger partial charge in [0.2, 0.25) is 0 Å². The normalized spacial score (nSPS) is 3.72. The third-order valence-electron chi connectivity index (χ3n) is 0. The van der Waals surface area contributed by atoms with Gasteiger partial charge in [-0.2, -0.15) is 0 Å². The largest absolute Gasteiger partial charge is 5.00 e. The molecule has 27 nitrogen and oxygen atoms in total. The first kappa shape index (κ1) is 74.1. The fourth-order valence-electron chi connectivity index (χ4n) is 0. The zero-order chi connectivity index (χ0) is 24.4. The van der Waals surface area contributed by atoms with Crippen molar-refractivity contribution in [2.24, 2.45) is 48.1 Å². The van der Waals surface area contributed by atoms with Gasteiger partial charge in [0.25, 0.3) is 0 Å². The fourth-order valence-corrected chi connectivity index (χ4v) is 0. The van der Waals surface area contributed by atoms with Gasteiger partial charge in [0, 0.05) is 0 Å². The van der Waals surface area contributed by atoms with E-state index in [-0.39, 0.29) is 33.3 Å². The summed E-state index contributed by atoms with van der Waals surface area (Å²) < 4.78 is 0. The number of hydrogen-bond acceptors (Lipinski definition) is 27. The molecule has 0 atom stereocenters. The standard InChI is InChI=1S/9HNO2.Si.Ta/c9*2-1-3;;/h9*(H,2,3);;/q;;;;;;;;;+4;+5/p-9. The molecule has 0 fully saturated rings. The van der Waals surface area contributed by atoms with Crippen LogP contribution in [-0.2, 0) is 22.4 Å². The van der Waals surface area contributed by atoms with Gasteiger partial charge in [-0.1, -0.05) is 0 Å². The second-order valence-electron chi connectivity index (χ2n) is 0.671. The Bertz CT molecular complexity index is 190. The molecule has 0 aliphatic carbocycles. The topological polar surface area (TPSA) is 472 Å². The van der Waals surface area contributed by atoms with Crippen molar-refractivity contribution in [3.05, 3.63) is 91.0 Å². The van der Waals surface area contributed by atoms with Crippen LogP contribution < -0.4 is 0 Å². The molecule has 0 saturated heterocycles. The summed E-state index contributed by atoms with van der Waals surface area (Å²) in [6.07, 6.45) is 0. The van der Waals surface area contributed by atoms with Crippen molar-refractivity contribution in [2.45, 2.75) is 0 Å². The molecular formula is N9O18SiTa. The second kappa shape index (κ2) is 577. The van der Waals surface area contributed by atoms with Crippen molar-refractivity contribution < 1.29 is 22.4 Å². The number of rotatable bonds is 0. The predicted octanol–water partition coefficient (Wildman–Crippen LogP) is 1.87. The van der Waals surface area contributed by atoms with Crippen LogP contribution in [0.25, 0.3) is 0 Å². The Labute approximate surface area is 173 Å².